The third-order valence-corrected chi connectivity index (χ3v) is 2.94. The Balaban J connectivity index is 2.61. The molecule has 0 unspecified atom stereocenters. The van der Waals surface area contributed by atoms with E-state index in [0.717, 1.165) is 5.56 Å². The molecule has 2 amide bonds. The molecule has 0 aliphatic heterocycles. The number of likely N-dealkylation sites (N-methyl/N-ethyl adjacent to an activating group) is 1. The third kappa shape index (κ3) is 5.21. The zero-order chi connectivity index (χ0) is 14.3. The summed E-state index contributed by atoms with van der Waals surface area (Å²) in [5.41, 5.74) is 1.09. The smallest absolute Gasteiger partial charge is 0.315 e. The van der Waals surface area contributed by atoms with Crippen molar-refractivity contribution in [3.05, 3.63) is 34.9 Å². The lowest BCUT2D eigenvalue weighted by Gasteiger charge is -2.25. The normalized spacial score (nSPS) is 11.7. The first-order valence-corrected chi connectivity index (χ1v) is 6.29. The minimum Gasteiger partial charge on any atom is -0.336 e. The van der Waals surface area contributed by atoms with Gasteiger partial charge in [-0.25, -0.2) is 4.79 Å². The number of carbonyl (C=O) groups is 1. The standard InChI is InChI=1S/C14H18ClN3O/c1-4-9-16-14(19)17-10-13(18(2)3)11-5-7-12(15)8-6-11/h1,5-8,13H,9-10H2,2-3H3,(H2,16,17,19)/t13-/m0/s1. The van der Waals surface area contributed by atoms with Crippen LogP contribution in [0.4, 0.5) is 4.79 Å². The molecular weight excluding hydrogens is 262 g/mol. The van der Waals surface area contributed by atoms with Gasteiger partial charge in [-0.1, -0.05) is 29.7 Å². The Morgan fingerprint density at radius 1 is 1.37 bits per heavy atom. The molecule has 0 aromatic heterocycles. The van der Waals surface area contributed by atoms with E-state index in [1.807, 2.05) is 43.3 Å². The number of benzene rings is 1. The molecule has 1 atom stereocenters. The Hall–Kier alpha value is -1.70. The Bertz CT molecular complexity index is 451. The lowest BCUT2D eigenvalue weighted by atomic mass is 10.1. The molecule has 0 radical (unpaired) electrons. The van der Waals surface area contributed by atoms with Crippen LogP contribution in [0.2, 0.25) is 5.02 Å². The lowest BCUT2D eigenvalue weighted by molar-refractivity contribution is 0.234. The summed E-state index contributed by atoms with van der Waals surface area (Å²) in [5, 5.41) is 6.05. The first-order chi connectivity index (χ1) is 9.04. The molecule has 4 nitrogen and oxygen atoms in total. The van der Waals surface area contributed by atoms with Gasteiger partial charge >= 0.3 is 6.03 Å². The number of hydrogen-bond acceptors (Lipinski definition) is 2. The van der Waals surface area contributed by atoms with Crippen LogP contribution in [0.1, 0.15) is 11.6 Å². The molecule has 1 aromatic rings. The molecule has 0 aliphatic carbocycles. The van der Waals surface area contributed by atoms with Crippen molar-refractivity contribution in [2.75, 3.05) is 27.2 Å². The molecule has 0 saturated heterocycles. The molecule has 19 heavy (non-hydrogen) atoms. The van der Waals surface area contributed by atoms with Crippen LogP contribution in [-0.4, -0.2) is 38.1 Å². The Morgan fingerprint density at radius 2 is 2.00 bits per heavy atom. The molecule has 0 spiro atoms. The zero-order valence-corrected chi connectivity index (χ0v) is 11.9. The van der Waals surface area contributed by atoms with Crippen molar-refractivity contribution in [2.24, 2.45) is 0 Å². The van der Waals surface area contributed by atoms with Crippen LogP contribution in [0.5, 0.6) is 0 Å². The second-order valence-corrected chi connectivity index (χ2v) is 4.74. The highest BCUT2D eigenvalue weighted by Crippen LogP contribution is 2.19. The van der Waals surface area contributed by atoms with Gasteiger partial charge in [0.25, 0.3) is 0 Å². The van der Waals surface area contributed by atoms with Gasteiger partial charge in [0.2, 0.25) is 0 Å². The van der Waals surface area contributed by atoms with Gasteiger partial charge in [-0.2, -0.15) is 0 Å². The molecule has 0 bridgehead atoms. The van der Waals surface area contributed by atoms with E-state index in [1.54, 1.807) is 0 Å². The molecule has 0 saturated carbocycles. The average Bonchev–Trinajstić information content (AvgIpc) is 2.38. The number of rotatable bonds is 5. The van der Waals surface area contributed by atoms with Crippen molar-refractivity contribution in [1.82, 2.24) is 15.5 Å². The van der Waals surface area contributed by atoms with Gasteiger partial charge in [0.15, 0.2) is 0 Å². The van der Waals surface area contributed by atoms with E-state index in [9.17, 15) is 4.79 Å². The summed E-state index contributed by atoms with van der Waals surface area (Å²) in [6.45, 7) is 0.713. The van der Waals surface area contributed by atoms with Crippen molar-refractivity contribution >= 4 is 17.6 Å². The average molecular weight is 280 g/mol. The molecular formula is C14H18ClN3O. The van der Waals surface area contributed by atoms with Gasteiger partial charge in [-0.3, -0.25) is 0 Å². The fourth-order valence-corrected chi connectivity index (χ4v) is 1.79. The topological polar surface area (TPSA) is 44.4 Å². The van der Waals surface area contributed by atoms with Crippen molar-refractivity contribution in [1.29, 1.82) is 0 Å². The van der Waals surface area contributed by atoms with Crippen LogP contribution in [0.3, 0.4) is 0 Å². The number of terminal acetylenes is 1. The van der Waals surface area contributed by atoms with E-state index in [1.165, 1.54) is 0 Å². The highest BCUT2D eigenvalue weighted by atomic mass is 35.5. The molecule has 0 aliphatic rings. The summed E-state index contributed by atoms with van der Waals surface area (Å²) in [7, 11) is 3.92. The predicted molar refractivity (Wildman–Crippen MR) is 78.1 cm³/mol. The van der Waals surface area contributed by atoms with Crippen molar-refractivity contribution < 1.29 is 4.79 Å². The van der Waals surface area contributed by atoms with E-state index in [0.29, 0.717) is 11.6 Å². The Kier molecular flexibility index (Phi) is 6.20. The van der Waals surface area contributed by atoms with Crippen molar-refractivity contribution in [3.8, 4) is 12.3 Å². The monoisotopic (exact) mass is 279 g/mol. The fourth-order valence-electron chi connectivity index (χ4n) is 1.67. The van der Waals surface area contributed by atoms with Crippen LogP contribution < -0.4 is 10.6 Å². The number of carbonyl (C=O) groups excluding carboxylic acids is 1. The quantitative estimate of drug-likeness (QED) is 0.809. The van der Waals surface area contributed by atoms with Gasteiger partial charge in [0, 0.05) is 11.6 Å². The number of urea groups is 1. The van der Waals surface area contributed by atoms with E-state index in [-0.39, 0.29) is 18.6 Å². The Morgan fingerprint density at radius 3 is 2.53 bits per heavy atom. The van der Waals surface area contributed by atoms with Gasteiger partial charge in [-0.15, -0.1) is 6.42 Å². The Labute approximate surface area is 119 Å². The third-order valence-electron chi connectivity index (χ3n) is 2.69. The van der Waals surface area contributed by atoms with Crippen LogP contribution >= 0.6 is 11.6 Å². The molecule has 1 aromatic carbocycles. The van der Waals surface area contributed by atoms with Crippen molar-refractivity contribution in [2.45, 2.75) is 6.04 Å². The summed E-state index contributed by atoms with van der Waals surface area (Å²) in [4.78, 5) is 13.5. The first-order valence-electron chi connectivity index (χ1n) is 5.91. The summed E-state index contributed by atoms with van der Waals surface area (Å²) < 4.78 is 0. The maximum atomic E-state index is 11.5. The van der Waals surface area contributed by atoms with E-state index >= 15 is 0 Å². The second kappa shape index (κ2) is 7.67. The van der Waals surface area contributed by atoms with Crippen LogP contribution in [0.15, 0.2) is 24.3 Å². The van der Waals surface area contributed by atoms with Crippen LogP contribution in [-0.2, 0) is 0 Å². The lowest BCUT2D eigenvalue weighted by Crippen LogP contribution is -2.40. The zero-order valence-electron chi connectivity index (χ0n) is 11.1. The number of halogens is 1. The summed E-state index contributed by atoms with van der Waals surface area (Å²) in [6, 6.07) is 7.40. The van der Waals surface area contributed by atoms with Crippen molar-refractivity contribution in [3.63, 3.8) is 0 Å². The first kappa shape index (κ1) is 15.4. The van der Waals surface area contributed by atoms with E-state index < -0.39 is 0 Å². The largest absolute Gasteiger partial charge is 0.336 e. The minimum absolute atomic E-state index is 0.0776. The summed E-state index contributed by atoms with van der Waals surface area (Å²) in [6.07, 6.45) is 5.07. The highest BCUT2D eigenvalue weighted by molar-refractivity contribution is 6.30. The van der Waals surface area contributed by atoms with Gasteiger partial charge in [0.05, 0.1) is 12.6 Å². The van der Waals surface area contributed by atoms with Crippen LogP contribution in [0.25, 0.3) is 0 Å². The molecule has 2 N–H and O–H groups in total. The van der Waals surface area contributed by atoms with Crippen LogP contribution in [0, 0.1) is 12.3 Å². The van der Waals surface area contributed by atoms with Gasteiger partial charge in [-0.05, 0) is 31.8 Å². The summed E-state index contributed by atoms with van der Waals surface area (Å²) >= 11 is 5.87. The number of nitrogens with one attached hydrogen (secondary N) is 2. The molecule has 0 heterocycles. The number of hydrogen-bond donors (Lipinski definition) is 2. The second-order valence-electron chi connectivity index (χ2n) is 4.30. The fraction of sp³-hybridized carbons (Fsp3) is 0.357. The molecule has 0 fully saturated rings. The van der Waals surface area contributed by atoms with E-state index in [4.69, 9.17) is 18.0 Å². The van der Waals surface area contributed by atoms with E-state index in [2.05, 4.69) is 16.6 Å². The summed E-state index contributed by atoms with van der Waals surface area (Å²) in [5.74, 6) is 2.35. The maximum absolute atomic E-state index is 11.5. The predicted octanol–water partition coefficient (Wildman–Crippen LogP) is 1.88. The molecule has 102 valence electrons. The maximum Gasteiger partial charge on any atom is 0.315 e. The molecule has 1 rings (SSSR count). The highest BCUT2D eigenvalue weighted by Gasteiger charge is 2.14. The SMILES string of the molecule is C#CCNC(=O)NC[C@@H](c1ccc(Cl)cc1)N(C)C. The van der Waals surface area contributed by atoms with Gasteiger partial charge < -0.3 is 15.5 Å². The minimum atomic E-state index is -0.265. The number of nitrogens with zero attached hydrogens (tertiary/aromatic N) is 1. The molecule has 5 heteroatoms. The van der Waals surface area contributed by atoms with Gasteiger partial charge in [0.1, 0.15) is 0 Å². The number of amides is 2.